The lowest BCUT2D eigenvalue weighted by Gasteiger charge is -2.22. The Labute approximate surface area is 136 Å². The summed E-state index contributed by atoms with van der Waals surface area (Å²) in [4.78, 5) is 14.0. The second-order valence-electron chi connectivity index (χ2n) is 5.40. The lowest BCUT2D eigenvalue weighted by Crippen LogP contribution is -2.37. The molecule has 0 aliphatic rings. The standard InChI is InChI=1S/C18H20ClNO2/c1-13-5-4-6-17(11-13)22-14(2)18(21)20(3)12-15-7-9-16(19)10-8-15/h4-11,14H,12H2,1-3H3/t14-/m0/s1. The van der Waals surface area contributed by atoms with E-state index in [9.17, 15) is 4.79 Å². The molecule has 0 radical (unpaired) electrons. The average Bonchev–Trinajstić information content (AvgIpc) is 2.48. The molecule has 0 bridgehead atoms. The summed E-state index contributed by atoms with van der Waals surface area (Å²) in [7, 11) is 1.77. The van der Waals surface area contributed by atoms with Gasteiger partial charge in [0.15, 0.2) is 6.10 Å². The topological polar surface area (TPSA) is 29.5 Å². The molecule has 3 nitrogen and oxygen atoms in total. The lowest BCUT2D eigenvalue weighted by atomic mass is 10.2. The molecule has 0 heterocycles. The van der Waals surface area contributed by atoms with Crippen LogP contribution in [0.2, 0.25) is 5.02 Å². The van der Waals surface area contributed by atoms with Crippen LogP contribution in [0.4, 0.5) is 0 Å². The minimum Gasteiger partial charge on any atom is -0.481 e. The maximum absolute atomic E-state index is 12.4. The van der Waals surface area contributed by atoms with Crippen molar-refractivity contribution >= 4 is 17.5 Å². The Hall–Kier alpha value is -2.00. The highest BCUT2D eigenvalue weighted by Gasteiger charge is 2.19. The van der Waals surface area contributed by atoms with Gasteiger partial charge in [0.25, 0.3) is 5.91 Å². The van der Waals surface area contributed by atoms with Gasteiger partial charge >= 0.3 is 0 Å². The van der Waals surface area contributed by atoms with Crippen molar-refractivity contribution in [2.45, 2.75) is 26.5 Å². The maximum Gasteiger partial charge on any atom is 0.263 e. The Morgan fingerprint density at radius 2 is 1.91 bits per heavy atom. The summed E-state index contributed by atoms with van der Waals surface area (Å²) in [5.74, 6) is 0.650. The molecule has 0 spiro atoms. The number of amides is 1. The zero-order valence-electron chi connectivity index (χ0n) is 13.0. The molecule has 0 N–H and O–H groups in total. The highest BCUT2D eigenvalue weighted by molar-refractivity contribution is 6.30. The third-order valence-corrected chi connectivity index (χ3v) is 3.61. The van der Waals surface area contributed by atoms with Gasteiger partial charge in [-0.2, -0.15) is 0 Å². The number of nitrogens with zero attached hydrogens (tertiary/aromatic N) is 1. The van der Waals surface area contributed by atoms with E-state index < -0.39 is 6.10 Å². The van der Waals surface area contributed by atoms with Crippen molar-refractivity contribution in [1.82, 2.24) is 4.90 Å². The van der Waals surface area contributed by atoms with E-state index in [0.29, 0.717) is 17.3 Å². The fourth-order valence-corrected chi connectivity index (χ4v) is 2.32. The molecule has 1 amide bonds. The van der Waals surface area contributed by atoms with Crippen LogP contribution in [0.1, 0.15) is 18.1 Å². The quantitative estimate of drug-likeness (QED) is 0.831. The first-order valence-corrected chi connectivity index (χ1v) is 7.56. The molecule has 0 aliphatic heterocycles. The van der Waals surface area contributed by atoms with Gasteiger partial charge in [0.2, 0.25) is 0 Å². The highest BCUT2D eigenvalue weighted by atomic mass is 35.5. The van der Waals surface area contributed by atoms with Crippen molar-refractivity contribution < 1.29 is 9.53 Å². The second kappa shape index (κ2) is 7.32. The van der Waals surface area contributed by atoms with Gasteiger partial charge in [0.05, 0.1) is 0 Å². The van der Waals surface area contributed by atoms with Crippen LogP contribution < -0.4 is 4.74 Å². The molecule has 0 fully saturated rings. The van der Waals surface area contributed by atoms with Gasteiger partial charge in [-0.1, -0.05) is 35.9 Å². The van der Waals surface area contributed by atoms with Gasteiger partial charge in [0.1, 0.15) is 5.75 Å². The third kappa shape index (κ3) is 4.50. The Balaban J connectivity index is 1.96. The molecular formula is C18H20ClNO2. The van der Waals surface area contributed by atoms with E-state index in [1.807, 2.05) is 55.5 Å². The van der Waals surface area contributed by atoms with E-state index in [4.69, 9.17) is 16.3 Å². The fraction of sp³-hybridized carbons (Fsp3) is 0.278. The van der Waals surface area contributed by atoms with Crippen LogP contribution in [0.5, 0.6) is 5.75 Å². The van der Waals surface area contributed by atoms with Crippen LogP contribution in [-0.2, 0) is 11.3 Å². The van der Waals surface area contributed by atoms with Crippen molar-refractivity contribution in [1.29, 1.82) is 0 Å². The van der Waals surface area contributed by atoms with Gasteiger partial charge < -0.3 is 9.64 Å². The van der Waals surface area contributed by atoms with Crippen LogP contribution in [0, 0.1) is 6.92 Å². The minimum atomic E-state index is -0.529. The van der Waals surface area contributed by atoms with Crippen LogP contribution in [0.15, 0.2) is 48.5 Å². The van der Waals surface area contributed by atoms with Crippen molar-refractivity contribution in [2.75, 3.05) is 7.05 Å². The highest BCUT2D eigenvalue weighted by Crippen LogP contribution is 2.16. The van der Waals surface area contributed by atoms with Crippen molar-refractivity contribution in [2.24, 2.45) is 0 Å². The van der Waals surface area contributed by atoms with E-state index in [1.54, 1.807) is 18.9 Å². The normalized spacial score (nSPS) is 11.8. The summed E-state index contributed by atoms with van der Waals surface area (Å²) in [6.07, 6.45) is -0.529. The molecule has 2 rings (SSSR count). The van der Waals surface area contributed by atoms with Crippen molar-refractivity contribution in [3.05, 3.63) is 64.7 Å². The number of carbonyl (C=O) groups is 1. The monoisotopic (exact) mass is 317 g/mol. The zero-order valence-corrected chi connectivity index (χ0v) is 13.8. The van der Waals surface area contributed by atoms with Gasteiger partial charge in [-0.05, 0) is 49.2 Å². The predicted molar refractivity (Wildman–Crippen MR) is 89.2 cm³/mol. The molecule has 0 aromatic heterocycles. The largest absolute Gasteiger partial charge is 0.481 e. The molecule has 1 atom stereocenters. The molecule has 2 aromatic rings. The SMILES string of the molecule is Cc1cccc(O[C@@H](C)C(=O)N(C)Cc2ccc(Cl)cc2)c1. The van der Waals surface area contributed by atoms with Gasteiger partial charge in [-0.3, -0.25) is 4.79 Å². The van der Waals surface area contributed by atoms with Crippen LogP contribution >= 0.6 is 11.6 Å². The van der Waals surface area contributed by atoms with Gasteiger partial charge in [-0.25, -0.2) is 0 Å². The molecule has 2 aromatic carbocycles. The first-order valence-electron chi connectivity index (χ1n) is 7.18. The molecular weight excluding hydrogens is 298 g/mol. The van der Waals surface area contributed by atoms with Crippen molar-refractivity contribution in [3.63, 3.8) is 0 Å². The summed E-state index contributed by atoms with van der Waals surface area (Å²) in [6, 6.07) is 15.2. The number of hydrogen-bond acceptors (Lipinski definition) is 2. The summed E-state index contributed by atoms with van der Waals surface area (Å²) < 4.78 is 5.72. The Kier molecular flexibility index (Phi) is 5.45. The molecule has 116 valence electrons. The average molecular weight is 318 g/mol. The number of hydrogen-bond donors (Lipinski definition) is 0. The molecule has 4 heteroatoms. The van der Waals surface area contributed by atoms with Crippen LogP contribution in [0.25, 0.3) is 0 Å². The number of likely N-dealkylation sites (N-methyl/N-ethyl adjacent to an activating group) is 1. The van der Waals surface area contributed by atoms with Crippen LogP contribution in [0.3, 0.4) is 0 Å². The number of ether oxygens (including phenoxy) is 1. The first kappa shape index (κ1) is 16.4. The Morgan fingerprint density at radius 3 is 2.55 bits per heavy atom. The van der Waals surface area contributed by atoms with E-state index in [0.717, 1.165) is 11.1 Å². The summed E-state index contributed by atoms with van der Waals surface area (Å²) in [6.45, 7) is 4.28. The Bertz CT molecular complexity index is 640. The van der Waals surface area contributed by atoms with Gasteiger partial charge in [0, 0.05) is 18.6 Å². The summed E-state index contributed by atoms with van der Waals surface area (Å²) in [5.41, 5.74) is 2.13. The maximum atomic E-state index is 12.4. The molecule has 0 saturated carbocycles. The minimum absolute atomic E-state index is 0.0588. The Morgan fingerprint density at radius 1 is 1.23 bits per heavy atom. The van der Waals surface area contributed by atoms with E-state index in [-0.39, 0.29) is 5.91 Å². The zero-order chi connectivity index (χ0) is 16.1. The number of halogens is 1. The smallest absolute Gasteiger partial charge is 0.263 e. The third-order valence-electron chi connectivity index (χ3n) is 3.36. The molecule has 0 saturated heterocycles. The predicted octanol–water partition coefficient (Wildman–Crippen LogP) is 4.07. The fourth-order valence-electron chi connectivity index (χ4n) is 2.20. The van der Waals surface area contributed by atoms with E-state index in [2.05, 4.69) is 0 Å². The number of benzene rings is 2. The molecule has 0 aliphatic carbocycles. The summed E-state index contributed by atoms with van der Waals surface area (Å²) in [5, 5.41) is 0.689. The lowest BCUT2D eigenvalue weighted by molar-refractivity contribution is -0.137. The number of aryl methyl sites for hydroxylation is 1. The van der Waals surface area contributed by atoms with Gasteiger partial charge in [-0.15, -0.1) is 0 Å². The van der Waals surface area contributed by atoms with Crippen LogP contribution in [-0.4, -0.2) is 24.0 Å². The van der Waals surface area contributed by atoms with Crippen molar-refractivity contribution in [3.8, 4) is 5.75 Å². The second-order valence-corrected chi connectivity index (χ2v) is 5.83. The molecule has 22 heavy (non-hydrogen) atoms. The first-order chi connectivity index (χ1) is 10.5. The number of carbonyl (C=O) groups excluding carboxylic acids is 1. The van der Waals surface area contributed by atoms with E-state index >= 15 is 0 Å². The van der Waals surface area contributed by atoms with E-state index in [1.165, 1.54) is 0 Å². The number of rotatable bonds is 5. The molecule has 0 unspecified atom stereocenters. The summed E-state index contributed by atoms with van der Waals surface area (Å²) >= 11 is 5.86.